The van der Waals surface area contributed by atoms with E-state index in [1.54, 1.807) is 10.7 Å². The Kier molecular flexibility index (Phi) is 7.07. The van der Waals surface area contributed by atoms with Crippen molar-refractivity contribution in [1.82, 2.24) is 4.68 Å². The van der Waals surface area contributed by atoms with Gasteiger partial charge in [-0.05, 0) is 36.5 Å². The van der Waals surface area contributed by atoms with Gasteiger partial charge in [0.25, 0.3) is 0 Å². The zero-order chi connectivity index (χ0) is 23.4. The first-order chi connectivity index (χ1) is 15.2. The van der Waals surface area contributed by atoms with Crippen molar-refractivity contribution in [2.75, 3.05) is 25.3 Å². The van der Waals surface area contributed by atoms with E-state index >= 15 is 0 Å². The molecular formula is C23H28N2O7. The Bertz CT molecular complexity index is 1070. The minimum atomic E-state index is -1.26. The van der Waals surface area contributed by atoms with Gasteiger partial charge in [0.15, 0.2) is 16.9 Å². The van der Waals surface area contributed by atoms with E-state index in [4.69, 9.17) is 14.6 Å². The molecule has 0 unspecified atom stereocenters. The fourth-order valence-electron chi connectivity index (χ4n) is 3.77. The summed E-state index contributed by atoms with van der Waals surface area (Å²) in [6, 6.07) is 5.01. The number of carboxylic acid groups (broad SMARTS) is 2. The number of unbranched alkanes of at least 4 members (excludes halogenated alkanes) is 1. The summed E-state index contributed by atoms with van der Waals surface area (Å²) in [5, 5.41) is 20.2. The quantitative estimate of drug-likeness (QED) is 0.537. The van der Waals surface area contributed by atoms with Crippen molar-refractivity contribution >= 4 is 11.9 Å². The van der Waals surface area contributed by atoms with Crippen LogP contribution in [-0.4, -0.2) is 47.1 Å². The molecule has 0 spiro atoms. The number of hydrogen-bond acceptors (Lipinski definition) is 6. The maximum atomic E-state index is 12.4. The molecule has 0 bridgehead atoms. The van der Waals surface area contributed by atoms with E-state index in [1.807, 2.05) is 11.1 Å². The summed E-state index contributed by atoms with van der Waals surface area (Å²) in [4.78, 5) is 34.6. The molecule has 0 fully saturated rings. The van der Waals surface area contributed by atoms with Crippen LogP contribution in [0.4, 0.5) is 0 Å². The molecule has 2 heterocycles. The fourth-order valence-corrected chi connectivity index (χ4v) is 3.77. The molecule has 0 atom stereocenters. The molecule has 1 aromatic carbocycles. The first kappa shape index (κ1) is 23.2. The van der Waals surface area contributed by atoms with E-state index in [0.29, 0.717) is 55.6 Å². The van der Waals surface area contributed by atoms with Crippen molar-refractivity contribution in [1.29, 1.82) is 0 Å². The molecule has 32 heavy (non-hydrogen) atoms. The minimum absolute atomic E-state index is 0.0959. The largest absolute Gasteiger partial charge is 0.493 e. The van der Waals surface area contributed by atoms with E-state index in [2.05, 4.69) is 13.8 Å². The van der Waals surface area contributed by atoms with Crippen LogP contribution in [0.2, 0.25) is 0 Å². The SMILES string of the molecule is COc1cc2c(cc1OCCCCC(=O)O)CN(CC(C)C)n1cc(C(=O)O)c(=O)cc1-2. The number of aliphatic carboxylic acids is 1. The standard InChI is InChI=1S/C23H28N2O7/c1-14(2)11-24-12-15-8-21(32-7-5-4-6-22(27)28)20(31-3)9-16(15)18-10-19(26)17(23(29)30)13-25(18)24/h8-10,13-14H,4-7,11-12H2,1-3H3,(H,27,28)(H,29,30). The number of methoxy groups -OCH3 is 1. The van der Waals surface area contributed by atoms with Crippen molar-refractivity contribution < 1.29 is 29.3 Å². The molecular weight excluding hydrogens is 416 g/mol. The van der Waals surface area contributed by atoms with Gasteiger partial charge >= 0.3 is 11.9 Å². The lowest BCUT2D eigenvalue weighted by Crippen LogP contribution is -2.41. The van der Waals surface area contributed by atoms with Crippen molar-refractivity contribution in [3.63, 3.8) is 0 Å². The Hall–Kier alpha value is -3.49. The van der Waals surface area contributed by atoms with Crippen LogP contribution in [-0.2, 0) is 11.3 Å². The number of rotatable bonds is 10. The Labute approximate surface area is 185 Å². The smallest absolute Gasteiger partial charge is 0.341 e. The number of benzene rings is 1. The van der Waals surface area contributed by atoms with Crippen molar-refractivity contribution in [2.24, 2.45) is 5.92 Å². The van der Waals surface area contributed by atoms with Crippen LogP contribution in [0, 0.1) is 5.92 Å². The number of hydrogen-bond donors (Lipinski definition) is 2. The van der Waals surface area contributed by atoms with Crippen LogP contribution >= 0.6 is 0 Å². The summed E-state index contributed by atoms with van der Waals surface area (Å²) in [5.41, 5.74) is 1.45. The Morgan fingerprint density at radius 1 is 1.12 bits per heavy atom. The molecule has 2 aromatic rings. The lowest BCUT2D eigenvalue weighted by atomic mass is 9.99. The van der Waals surface area contributed by atoms with E-state index in [1.165, 1.54) is 19.4 Å². The lowest BCUT2D eigenvalue weighted by Gasteiger charge is -2.36. The maximum Gasteiger partial charge on any atom is 0.341 e. The molecule has 1 aliphatic heterocycles. The second-order valence-electron chi connectivity index (χ2n) is 8.19. The van der Waals surface area contributed by atoms with Gasteiger partial charge in [-0.15, -0.1) is 0 Å². The summed E-state index contributed by atoms with van der Waals surface area (Å²) in [7, 11) is 1.52. The van der Waals surface area contributed by atoms with E-state index in [-0.39, 0.29) is 12.0 Å². The average molecular weight is 444 g/mol. The van der Waals surface area contributed by atoms with Crippen LogP contribution in [0.15, 0.2) is 29.2 Å². The third-order valence-electron chi connectivity index (χ3n) is 5.20. The zero-order valence-corrected chi connectivity index (χ0v) is 18.5. The number of carboxylic acids is 2. The molecule has 9 heteroatoms. The number of carbonyl (C=O) groups is 2. The molecule has 0 amide bonds. The highest BCUT2D eigenvalue weighted by molar-refractivity contribution is 5.88. The van der Waals surface area contributed by atoms with Gasteiger partial charge in [0.2, 0.25) is 0 Å². The zero-order valence-electron chi connectivity index (χ0n) is 18.5. The Morgan fingerprint density at radius 3 is 2.50 bits per heavy atom. The van der Waals surface area contributed by atoms with E-state index < -0.39 is 17.4 Å². The van der Waals surface area contributed by atoms with Gasteiger partial charge in [0, 0.05) is 30.8 Å². The first-order valence-corrected chi connectivity index (χ1v) is 10.5. The van der Waals surface area contributed by atoms with Gasteiger partial charge in [-0.25, -0.2) is 4.79 Å². The van der Waals surface area contributed by atoms with Crippen LogP contribution in [0.1, 0.15) is 49.0 Å². The number of fused-ring (bicyclic) bond motifs is 3. The van der Waals surface area contributed by atoms with Crippen LogP contribution in [0.5, 0.6) is 11.5 Å². The van der Waals surface area contributed by atoms with Gasteiger partial charge in [-0.3, -0.25) is 14.3 Å². The maximum absolute atomic E-state index is 12.4. The third kappa shape index (κ3) is 5.04. The summed E-state index contributed by atoms with van der Waals surface area (Å²) >= 11 is 0. The number of ether oxygens (including phenoxy) is 2. The van der Waals surface area contributed by atoms with E-state index in [0.717, 1.165) is 11.1 Å². The number of pyridine rings is 1. The molecule has 0 aliphatic carbocycles. The molecule has 1 aromatic heterocycles. The predicted molar refractivity (Wildman–Crippen MR) is 118 cm³/mol. The van der Waals surface area contributed by atoms with Gasteiger partial charge in [-0.2, -0.15) is 0 Å². The third-order valence-corrected chi connectivity index (χ3v) is 5.20. The average Bonchev–Trinajstić information content (AvgIpc) is 2.71. The highest BCUT2D eigenvalue weighted by atomic mass is 16.5. The summed E-state index contributed by atoms with van der Waals surface area (Å²) in [5.74, 6) is -0.753. The van der Waals surface area contributed by atoms with Crippen molar-refractivity contribution in [3.8, 4) is 22.8 Å². The number of nitrogens with zero attached hydrogens (tertiary/aromatic N) is 2. The Morgan fingerprint density at radius 2 is 1.88 bits per heavy atom. The summed E-state index contributed by atoms with van der Waals surface area (Å²) in [6.07, 6.45) is 2.60. The van der Waals surface area contributed by atoms with Gasteiger partial charge in [0.05, 0.1) is 26.0 Å². The number of aromatic carboxylic acids is 1. The fraction of sp³-hybridized carbons (Fsp3) is 0.435. The molecule has 3 rings (SSSR count). The monoisotopic (exact) mass is 444 g/mol. The highest BCUT2D eigenvalue weighted by Gasteiger charge is 2.26. The summed E-state index contributed by atoms with van der Waals surface area (Å²) < 4.78 is 13.1. The van der Waals surface area contributed by atoms with Crippen LogP contribution in [0.3, 0.4) is 0 Å². The highest BCUT2D eigenvalue weighted by Crippen LogP contribution is 2.38. The van der Waals surface area contributed by atoms with Gasteiger partial charge in [-0.1, -0.05) is 13.8 Å². The molecule has 1 aliphatic rings. The van der Waals surface area contributed by atoms with Gasteiger partial charge in [0.1, 0.15) is 5.56 Å². The predicted octanol–water partition coefficient (Wildman–Crippen LogP) is 2.96. The second kappa shape index (κ2) is 9.76. The lowest BCUT2D eigenvalue weighted by molar-refractivity contribution is -0.137. The minimum Gasteiger partial charge on any atom is -0.493 e. The normalized spacial score (nSPS) is 12.3. The molecule has 2 N–H and O–H groups in total. The van der Waals surface area contributed by atoms with Crippen LogP contribution in [0.25, 0.3) is 11.3 Å². The van der Waals surface area contributed by atoms with Crippen molar-refractivity contribution in [3.05, 3.63) is 45.7 Å². The molecule has 172 valence electrons. The van der Waals surface area contributed by atoms with Crippen molar-refractivity contribution in [2.45, 2.75) is 39.7 Å². The van der Waals surface area contributed by atoms with Gasteiger partial charge < -0.3 is 24.7 Å². The summed E-state index contributed by atoms with van der Waals surface area (Å²) in [6.45, 7) is 5.65. The second-order valence-corrected chi connectivity index (χ2v) is 8.19. The molecule has 0 radical (unpaired) electrons. The molecule has 0 saturated heterocycles. The first-order valence-electron chi connectivity index (χ1n) is 10.5. The number of aromatic nitrogens is 1. The Balaban J connectivity index is 1.99. The molecule has 0 saturated carbocycles. The molecule has 9 nitrogen and oxygen atoms in total. The van der Waals surface area contributed by atoms with Crippen LogP contribution < -0.4 is 19.9 Å². The van der Waals surface area contributed by atoms with E-state index in [9.17, 15) is 19.5 Å². The topological polar surface area (TPSA) is 118 Å².